The van der Waals surface area contributed by atoms with Gasteiger partial charge in [-0.15, -0.1) is 0 Å². The molecule has 1 N–H and O–H groups in total. The molecule has 3 rings (SSSR count). The van der Waals surface area contributed by atoms with E-state index in [0.717, 1.165) is 17.7 Å². The van der Waals surface area contributed by atoms with Crippen LogP contribution >= 0.6 is 11.5 Å². The van der Waals surface area contributed by atoms with Gasteiger partial charge in [-0.25, -0.2) is 4.37 Å². The largest absolute Gasteiger partial charge is 0.387 e. The predicted molar refractivity (Wildman–Crippen MR) is 53.1 cm³/mol. The third-order valence-corrected chi connectivity index (χ3v) is 4.12. The Bertz CT molecular complexity index is 314. The number of aliphatic hydroxyl groups is 1. The minimum Gasteiger partial charge on any atom is -0.387 e. The number of hydrogen-bond donors (Lipinski definition) is 1. The first-order chi connectivity index (χ1) is 6.84. The number of rotatable bonds is 2. The molecule has 2 saturated heterocycles. The van der Waals surface area contributed by atoms with Crippen molar-refractivity contribution in [1.82, 2.24) is 4.37 Å². The summed E-state index contributed by atoms with van der Waals surface area (Å²) in [7, 11) is 0. The zero-order chi connectivity index (χ0) is 9.54. The van der Waals surface area contributed by atoms with E-state index in [2.05, 4.69) is 4.37 Å². The Morgan fingerprint density at radius 2 is 2.50 bits per heavy atom. The molecule has 3 heterocycles. The van der Waals surface area contributed by atoms with Crippen LogP contribution in [0.1, 0.15) is 30.2 Å². The van der Waals surface area contributed by atoms with Crippen LogP contribution in [0, 0.1) is 5.92 Å². The van der Waals surface area contributed by atoms with Crippen LogP contribution in [0.25, 0.3) is 0 Å². The maximum absolute atomic E-state index is 10.1. The fraction of sp³-hybridized carbons (Fsp3) is 0.700. The average Bonchev–Trinajstić information content (AvgIpc) is 2.93. The highest BCUT2D eigenvalue weighted by molar-refractivity contribution is 7.05. The number of aromatic nitrogens is 1. The van der Waals surface area contributed by atoms with Crippen LogP contribution in [-0.4, -0.2) is 21.7 Å². The van der Waals surface area contributed by atoms with E-state index in [1.165, 1.54) is 18.0 Å². The van der Waals surface area contributed by atoms with Gasteiger partial charge in [0.15, 0.2) is 0 Å². The molecule has 1 aromatic rings. The molecule has 0 radical (unpaired) electrons. The van der Waals surface area contributed by atoms with Crippen LogP contribution in [0.5, 0.6) is 0 Å². The smallest absolute Gasteiger partial charge is 0.0951 e. The molecule has 76 valence electrons. The summed E-state index contributed by atoms with van der Waals surface area (Å²) >= 11 is 1.39. The molecule has 4 atom stereocenters. The summed E-state index contributed by atoms with van der Waals surface area (Å²) < 4.78 is 9.75. The molecule has 14 heavy (non-hydrogen) atoms. The lowest BCUT2D eigenvalue weighted by Gasteiger charge is -2.22. The average molecular weight is 211 g/mol. The molecular weight excluding hydrogens is 198 g/mol. The summed E-state index contributed by atoms with van der Waals surface area (Å²) in [6, 6.07) is 1.90. The number of hydrogen-bond acceptors (Lipinski definition) is 4. The van der Waals surface area contributed by atoms with Crippen molar-refractivity contribution in [3.05, 3.63) is 17.1 Å². The zero-order valence-electron chi connectivity index (χ0n) is 7.80. The number of aliphatic hydroxyl groups excluding tert-OH is 1. The third kappa shape index (κ3) is 1.29. The van der Waals surface area contributed by atoms with Gasteiger partial charge in [0.2, 0.25) is 0 Å². The van der Waals surface area contributed by atoms with Crippen molar-refractivity contribution in [1.29, 1.82) is 0 Å². The van der Waals surface area contributed by atoms with Crippen molar-refractivity contribution in [2.75, 3.05) is 0 Å². The fourth-order valence-corrected chi connectivity index (χ4v) is 3.25. The lowest BCUT2D eigenvalue weighted by atomic mass is 9.85. The maximum Gasteiger partial charge on any atom is 0.0951 e. The van der Waals surface area contributed by atoms with Crippen molar-refractivity contribution >= 4 is 11.5 Å². The first kappa shape index (κ1) is 8.83. The SMILES string of the molecule is OC(c1ccns1)C1CC2CCC1O2. The van der Waals surface area contributed by atoms with E-state index < -0.39 is 0 Å². The van der Waals surface area contributed by atoms with Gasteiger partial charge in [0.25, 0.3) is 0 Å². The van der Waals surface area contributed by atoms with E-state index in [9.17, 15) is 5.11 Å². The second kappa shape index (κ2) is 3.29. The van der Waals surface area contributed by atoms with Gasteiger partial charge >= 0.3 is 0 Å². The van der Waals surface area contributed by atoms with Gasteiger partial charge in [-0.05, 0) is 36.9 Å². The molecule has 0 amide bonds. The molecule has 1 aromatic heterocycles. The Morgan fingerprint density at radius 1 is 1.57 bits per heavy atom. The Labute approximate surface area is 86.9 Å². The number of nitrogens with zero attached hydrogens (tertiary/aromatic N) is 1. The number of fused-ring (bicyclic) bond motifs is 2. The van der Waals surface area contributed by atoms with Crippen LogP contribution in [0.2, 0.25) is 0 Å². The summed E-state index contributed by atoms with van der Waals surface area (Å²) in [5, 5.41) is 10.1. The molecule has 0 aromatic carbocycles. The van der Waals surface area contributed by atoms with E-state index in [1.807, 2.05) is 6.07 Å². The highest BCUT2D eigenvalue weighted by atomic mass is 32.1. The maximum atomic E-state index is 10.1. The molecule has 2 fully saturated rings. The topological polar surface area (TPSA) is 42.4 Å². The summed E-state index contributed by atoms with van der Waals surface area (Å²) in [4.78, 5) is 0.978. The van der Waals surface area contributed by atoms with Gasteiger partial charge in [0.05, 0.1) is 23.2 Å². The van der Waals surface area contributed by atoms with Crippen molar-refractivity contribution < 1.29 is 9.84 Å². The lowest BCUT2D eigenvalue weighted by molar-refractivity contribution is 0.0439. The Hall–Kier alpha value is -0.450. The fourth-order valence-electron chi connectivity index (χ4n) is 2.60. The van der Waals surface area contributed by atoms with E-state index in [0.29, 0.717) is 12.0 Å². The van der Waals surface area contributed by atoms with Crippen molar-refractivity contribution in [2.45, 2.75) is 37.6 Å². The van der Waals surface area contributed by atoms with Crippen molar-refractivity contribution in [2.24, 2.45) is 5.92 Å². The lowest BCUT2D eigenvalue weighted by Crippen LogP contribution is -2.22. The van der Waals surface area contributed by atoms with Crippen molar-refractivity contribution in [3.8, 4) is 0 Å². The molecule has 0 aliphatic carbocycles. The second-order valence-electron chi connectivity index (χ2n) is 4.13. The molecule has 3 nitrogen and oxygen atoms in total. The van der Waals surface area contributed by atoms with Gasteiger partial charge in [0.1, 0.15) is 0 Å². The highest BCUT2D eigenvalue weighted by Gasteiger charge is 2.44. The van der Waals surface area contributed by atoms with Gasteiger partial charge in [-0.2, -0.15) is 0 Å². The molecule has 2 aliphatic heterocycles. The quantitative estimate of drug-likeness (QED) is 0.810. The summed E-state index contributed by atoms with van der Waals surface area (Å²) in [6.07, 6.45) is 5.39. The molecule has 0 saturated carbocycles. The monoisotopic (exact) mass is 211 g/mol. The minimum atomic E-state index is -0.363. The zero-order valence-corrected chi connectivity index (χ0v) is 8.61. The van der Waals surface area contributed by atoms with Gasteiger partial charge in [0, 0.05) is 12.1 Å². The Morgan fingerprint density at radius 3 is 3.07 bits per heavy atom. The van der Waals surface area contributed by atoms with Crippen molar-refractivity contribution in [3.63, 3.8) is 0 Å². The van der Waals surface area contributed by atoms with Crippen LogP contribution in [0.3, 0.4) is 0 Å². The number of ether oxygens (including phenoxy) is 1. The van der Waals surface area contributed by atoms with Gasteiger partial charge in [-0.1, -0.05) is 0 Å². The normalized spacial score (nSPS) is 37.6. The Kier molecular flexibility index (Phi) is 2.08. The van der Waals surface area contributed by atoms with Gasteiger partial charge in [-0.3, -0.25) is 0 Å². The summed E-state index contributed by atoms with van der Waals surface area (Å²) in [5.74, 6) is 0.300. The second-order valence-corrected chi connectivity index (χ2v) is 5.00. The van der Waals surface area contributed by atoms with E-state index in [1.54, 1.807) is 6.20 Å². The predicted octanol–water partition coefficient (Wildman–Crippen LogP) is 1.74. The van der Waals surface area contributed by atoms with E-state index in [4.69, 9.17) is 4.74 Å². The highest BCUT2D eigenvalue weighted by Crippen LogP contribution is 2.45. The van der Waals surface area contributed by atoms with Gasteiger partial charge < -0.3 is 9.84 Å². The molecule has 4 unspecified atom stereocenters. The first-order valence-corrected chi connectivity index (χ1v) is 5.86. The molecule has 2 aliphatic rings. The third-order valence-electron chi connectivity index (χ3n) is 3.31. The first-order valence-electron chi connectivity index (χ1n) is 5.08. The molecule has 2 bridgehead atoms. The van der Waals surface area contributed by atoms with Crippen LogP contribution in [0.15, 0.2) is 12.3 Å². The molecule has 0 spiro atoms. The summed E-state index contributed by atoms with van der Waals surface area (Å²) in [5.41, 5.74) is 0. The van der Waals surface area contributed by atoms with Crippen LogP contribution in [-0.2, 0) is 4.74 Å². The van der Waals surface area contributed by atoms with E-state index >= 15 is 0 Å². The van der Waals surface area contributed by atoms with E-state index in [-0.39, 0.29) is 12.2 Å². The van der Waals surface area contributed by atoms with Crippen LogP contribution < -0.4 is 0 Å². The minimum absolute atomic E-state index is 0.289. The summed E-state index contributed by atoms with van der Waals surface area (Å²) in [6.45, 7) is 0. The molecular formula is C10H13NO2S. The molecule has 4 heteroatoms. The standard InChI is InChI=1S/C10H13NO2S/c12-10(9-3-4-11-14-9)7-5-6-1-2-8(7)13-6/h3-4,6-8,10,12H,1-2,5H2. The van der Waals surface area contributed by atoms with Crippen LogP contribution in [0.4, 0.5) is 0 Å². The Balaban J connectivity index is 1.77.